The van der Waals surface area contributed by atoms with Gasteiger partial charge in [-0.25, -0.2) is 9.97 Å². The third kappa shape index (κ3) is 4.23. The van der Waals surface area contributed by atoms with Gasteiger partial charge in [-0.05, 0) is 42.7 Å². The highest BCUT2D eigenvalue weighted by atomic mass is 32.1. The van der Waals surface area contributed by atoms with Gasteiger partial charge in [0, 0.05) is 44.4 Å². The second-order valence-corrected chi connectivity index (χ2v) is 9.72. The third-order valence-corrected chi connectivity index (χ3v) is 7.54. The highest BCUT2D eigenvalue weighted by molar-refractivity contribution is 7.19. The van der Waals surface area contributed by atoms with E-state index in [2.05, 4.69) is 57.4 Å². The predicted octanol–water partition coefficient (Wildman–Crippen LogP) is 4.94. The lowest BCUT2D eigenvalue weighted by Crippen LogP contribution is -2.29. The van der Waals surface area contributed by atoms with E-state index in [1.54, 1.807) is 17.5 Å². The lowest BCUT2D eigenvalue weighted by Gasteiger charge is -2.27. The zero-order valence-corrected chi connectivity index (χ0v) is 19.1. The molecule has 0 aliphatic carbocycles. The molecule has 0 saturated carbocycles. The summed E-state index contributed by atoms with van der Waals surface area (Å²) in [4.78, 5) is 28.5. The van der Waals surface area contributed by atoms with E-state index in [1.807, 2.05) is 5.51 Å². The first kappa shape index (κ1) is 20.2. The third-order valence-electron chi connectivity index (χ3n) is 5.80. The zero-order chi connectivity index (χ0) is 21.4. The van der Waals surface area contributed by atoms with E-state index in [4.69, 9.17) is 4.98 Å². The molecular weight excluding hydrogens is 426 g/mol. The van der Waals surface area contributed by atoms with Crippen molar-refractivity contribution in [3.63, 3.8) is 0 Å². The Hall–Kier alpha value is -2.68. The first-order chi connectivity index (χ1) is 15.1. The van der Waals surface area contributed by atoms with Crippen LogP contribution in [0.3, 0.4) is 0 Å². The fraction of sp³-hybridized carbons (Fsp3) is 0.304. The van der Waals surface area contributed by atoms with Crippen LogP contribution in [0.15, 0.2) is 42.0 Å². The molecule has 1 atom stereocenters. The van der Waals surface area contributed by atoms with Crippen molar-refractivity contribution in [3.05, 3.63) is 58.9 Å². The molecule has 1 aliphatic heterocycles. The Kier molecular flexibility index (Phi) is 5.52. The molecule has 5 rings (SSSR count). The van der Waals surface area contributed by atoms with Crippen LogP contribution in [-0.4, -0.2) is 38.8 Å². The van der Waals surface area contributed by atoms with E-state index in [0.29, 0.717) is 11.2 Å². The minimum Gasteiger partial charge on any atom is -0.302 e. The van der Waals surface area contributed by atoms with Crippen molar-refractivity contribution in [2.24, 2.45) is 0 Å². The second kappa shape index (κ2) is 8.45. The Balaban J connectivity index is 1.33. The van der Waals surface area contributed by atoms with Gasteiger partial charge in [0.15, 0.2) is 5.13 Å². The molecule has 1 amide bonds. The van der Waals surface area contributed by atoms with Gasteiger partial charge in [-0.1, -0.05) is 23.5 Å². The molecular formula is C23H23N5OS2. The van der Waals surface area contributed by atoms with E-state index >= 15 is 0 Å². The van der Waals surface area contributed by atoms with Crippen LogP contribution in [-0.2, 0) is 17.6 Å². The number of anilines is 1. The Morgan fingerprint density at radius 3 is 2.90 bits per heavy atom. The largest absolute Gasteiger partial charge is 0.302 e. The van der Waals surface area contributed by atoms with Gasteiger partial charge in [0.25, 0.3) is 0 Å². The number of nitrogens with zero attached hydrogens (tertiary/aromatic N) is 4. The summed E-state index contributed by atoms with van der Waals surface area (Å²) in [6, 6.07) is 11.2. The average molecular weight is 450 g/mol. The molecule has 8 heteroatoms. The Labute approximate surface area is 189 Å². The maximum absolute atomic E-state index is 11.3. The minimum absolute atomic E-state index is 0.112. The van der Waals surface area contributed by atoms with Crippen molar-refractivity contribution < 1.29 is 4.79 Å². The van der Waals surface area contributed by atoms with Gasteiger partial charge in [-0.2, -0.15) is 0 Å². The normalized spacial score (nSPS) is 15.4. The SMILES string of the molecule is CC(=O)Nc1ncc(-c2ccc3c(n2)CCN([C@H](C)c2ccc4scnc4c2)CC3)s1. The van der Waals surface area contributed by atoms with Crippen molar-refractivity contribution in [1.82, 2.24) is 19.9 Å². The van der Waals surface area contributed by atoms with Gasteiger partial charge in [-0.3, -0.25) is 14.7 Å². The number of carbonyl (C=O) groups excluding carboxylic acids is 1. The molecule has 0 fully saturated rings. The van der Waals surface area contributed by atoms with Gasteiger partial charge < -0.3 is 5.32 Å². The lowest BCUT2D eigenvalue weighted by molar-refractivity contribution is -0.114. The molecule has 1 aliphatic rings. The van der Waals surface area contributed by atoms with Gasteiger partial charge in [0.05, 0.1) is 26.3 Å². The zero-order valence-electron chi connectivity index (χ0n) is 17.5. The second-order valence-electron chi connectivity index (χ2n) is 7.80. The molecule has 4 heterocycles. The summed E-state index contributed by atoms with van der Waals surface area (Å²) in [5.74, 6) is -0.112. The van der Waals surface area contributed by atoms with Crippen molar-refractivity contribution in [3.8, 4) is 10.6 Å². The maximum atomic E-state index is 11.3. The van der Waals surface area contributed by atoms with Crippen LogP contribution in [0.25, 0.3) is 20.8 Å². The Morgan fingerprint density at radius 1 is 1.16 bits per heavy atom. The molecule has 0 bridgehead atoms. The molecule has 4 aromatic rings. The predicted molar refractivity (Wildman–Crippen MR) is 127 cm³/mol. The maximum Gasteiger partial charge on any atom is 0.223 e. The molecule has 158 valence electrons. The van der Waals surface area contributed by atoms with Gasteiger partial charge in [0.2, 0.25) is 5.91 Å². The van der Waals surface area contributed by atoms with Crippen LogP contribution in [0.4, 0.5) is 5.13 Å². The van der Waals surface area contributed by atoms with E-state index in [1.165, 1.54) is 34.1 Å². The molecule has 0 spiro atoms. The molecule has 31 heavy (non-hydrogen) atoms. The summed E-state index contributed by atoms with van der Waals surface area (Å²) in [6.07, 6.45) is 3.69. The molecule has 1 aromatic carbocycles. The Bertz CT molecular complexity index is 1250. The van der Waals surface area contributed by atoms with E-state index in [-0.39, 0.29) is 5.91 Å². The first-order valence-corrected chi connectivity index (χ1v) is 12.1. The number of thiazole rings is 2. The quantitative estimate of drug-likeness (QED) is 0.478. The number of hydrogen-bond donors (Lipinski definition) is 1. The van der Waals surface area contributed by atoms with Crippen LogP contribution < -0.4 is 5.32 Å². The van der Waals surface area contributed by atoms with Crippen molar-refractivity contribution >= 4 is 43.9 Å². The van der Waals surface area contributed by atoms with Crippen LogP contribution in [0.1, 0.15) is 36.7 Å². The van der Waals surface area contributed by atoms with Crippen molar-refractivity contribution in [1.29, 1.82) is 0 Å². The van der Waals surface area contributed by atoms with Crippen LogP contribution in [0.5, 0.6) is 0 Å². The number of pyridine rings is 1. The van der Waals surface area contributed by atoms with E-state index in [0.717, 1.165) is 47.7 Å². The summed E-state index contributed by atoms with van der Waals surface area (Å²) in [6.45, 7) is 5.75. The monoisotopic (exact) mass is 449 g/mol. The number of fused-ring (bicyclic) bond motifs is 2. The Morgan fingerprint density at radius 2 is 2.03 bits per heavy atom. The van der Waals surface area contributed by atoms with Crippen LogP contribution in [0.2, 0.25) is 0 Å². The van der Waals surface area contributed by atoms with Gasteiger partial charge in [-0.15, -0.1) is 11.3 Å². The first-order valence-electron chi connectivity index (χ1n) is 10.4. The number of nitrogens with one attached hydrogen (secondary N) is 1. The topological polar surface area (TPSA) is 71.0 Å². The molecule has 0 unspecified atom stereocenters. The number of carbonyl (C=O) groups is 1. The highest BCUT2D eigenvalue weighted by Gasteiger charge is 2.21. The number of hydrogen-bond acceptors (Lipinski definition) is 7. The summed E-state index contributed by atoms with van der Waals surface area (Å²) < 4.78 is 1.24. The smallest absolute Gasteiger partial charge is 0.223 e. The standard InChI is InChI=1S/C23H23N5OS2/c1-14(17-4-6-21-20(11-17)25-13-30-21)28-9-7-16-3-5-19(27-18(16)8-10-28)22-12-24-23(31-22)26-15(2)29/h3-6,11-14H,7-10H2,1-2H3,(H,24,26,29)/t14-/m1/s1. The van der Waals surface area contributed by atoms with Gasteiger partial charge in [0.1, 0.15) is 0 Å². The molecule has 0 radical (unpaired) electrons. The lowest BCUT2D eigenvalue weighted by atomic mass is 10.1. The molecule has 6 nitrogen and oxygen atoms in total. The van der Waals surface area contributed by atoms with Crippen molar-refractivity contribution in [2.75, 3.05) is 18.4 Å². The fourth-order valence-electron chi connectivity index (χ4n) is 4.07. The molecule has 3 aromatic heterocycles. The highest BCUT2D eigenvalue weighted by Crippen LogP contribution is 2.31. The fourth-order valence-corrected chi connectivity index (χ4v) is 5.56. The molecule has 1 N–H and O–H groups in total. The van der Waals surface area contributed by atoms with Crippen molar-refractivity contribution in [2.45, 2.75) is 32.7 Å². The summed E-state index contributed by atoms with van der Waals surface area (Å²) in [7, 11) is 0. The minimum atomic E-state index is -0.112. The number of benzene rings is 1. The van der Waals surface area contributed by atoms with Crippen LogP contribution >= 0.6 is 22.7 Å². The summed E-state index contributed by atoms with van der Waals surface area (Å²) in [5.41, 5.74) is 7.71. The van der Waals surface area contributed by atoms with Crippen LogP contribution in [0, 0.1) is 0 Å². The van der Waals surface area contributed by atoms with E-state index < -0.39 is 0 Å². The average Bonchev–Trinajstić information content (AvgIpc) is 3.37. The molecule has 0 saturated heterocycles. The van der Waals surface area contributed by atoms with E-state index in [9.17, 15) is 4.79 Å². The summed E-state index contributed by atoms with van der Waals surface area (Å²) in [5, 5.41) is 3.35. The number of aromatic nitrogens is 3. The number of rotatable bonds is 4. The number of amides is 1. The van der Waals surface area contributed by atoms with Gasteiger partial charge >= 0.3 is 0 Å². The summed E-state index contributed by atoms with van der Waals surface area (Å²) >= 11 is 3.14.